The van der Waals surface area contributed by atoms with E-state index in [1.165, 1.54) is 19.3 Å². The van der Waals surface area contributed by atoms with Crippen LogP contribution in [0.3, 0.4) is 0 Å². The zero-order valence-corrected chi connectivity index (χ0v) is 11.7. The second-order valence-electron chi connectivity index (χ2n) is 5.32. The molecule has 2 heterocycles. The number of aromatic nitrogens is 2. The number of hydrogen-bond donors (Lipinski definition) is 1. The van der Waals surface area contributed by atoms with Crippen LogP contribution in [0.15, 0.2) is 12.4 Å². The molecule has 4 nitrogen and oxygen atoms in total. The first-order valence-corrected chi connectivity index (χ1v) is 7.01. The molecule has 2 rings (SSSR count). The Morgan fingerprint density at radius 3 is 2.72 bits per heavy atom. The van der Waals surface area contributed by atoms with Crippen molar-refractivity contribution < 1.29 is 0 Å². The van der Waals surface area contributed by atoms with Gasteiger partial charge in [0.25, 0.3) is 0 Å². The third kappa shape index (κ3) is 3.19. The van der Waals surface area contributed by atoms with Gasteiger partial charge in [-0.05, 0) is 19.3 Å². The molecule has 0 aromatic carbocycles. The Morgan fingerprint density at radius 2 is 2.11 bits per heavy atom. The maximum absolute atomic E-state index is 4.51. The Morgan fingerprint density at radius 1 is 1.39 bits per heavy atom. The molecule has 1 aliphatic heterocycles. The molecule has 0 spiro atoms. The SMILES string of the molecule is CCC1CCCN1c1ncc(CNC(C)C)cn1. The topological polar surface area (TPSA) is 41.1 Å². The van der Waals surface area contributed by atoms with Crippen LogP contribution >= 0.6 is 0 Å². The van der Waals surface area contributed by atoms with E-state index in [9.17, 15) is 0 Å². The normalized spacial score (nSPS) is 19.8. The average molecular weight is 248 g/mol. The minimum Gasteiger partial charge on any atom is -0.338 e. The van der Waals surface area contributed by atoms with Gasteiger partial charge in [-0.25, -0.2) is 9.97 Å². The lowest BCUT2D eigenvalue weighted by atomic mass is 10.2. The van der Waals surface area contributed by atoms with E-state index in [1.807, 2.05) is 12.4 Å². The fourth-order valence-electron chi connectivity index (χ4n) is 2.43. The maximum atomic E-state index is 4.51. The van der Waals surface area contributed by atoms with Crippen LogP contribution < -0.4 is 10.2 Å². The van der Waals surface area contributed by atoms with Gasteiger partial charge in [0, 0.05) is 43.1 Å². The van der Waals surface area contributed by atoms with Crippen LogP contribution in [0, 0.1) is 0 Å². The predicted octanol–water partition coefficient (Wildman–Crippen LogP) is 2.35. The zero-order valence-electron chi connectivity index (χ0n) is 11.7. The molecule has 0 aliphatic carbocycles. The first kappa shape index (κ1) is 13.3. The third-order valence-corrected chi connectivity index (χ3v) is 3.51. The van der Waals surface area contributed by atoms with Crippen LogP contribution in [0.25, 0.3) is 0 Å². The fraction of sp³-hybridized carbons (Fsp3) is 0.714. The second-order valence-corrected chi connectivity index (χ2v) is 5.32. The summed E-state index contributed by atoms with van der Waals surface area (Å²) >= 11 is 0. The summed E-state index contributed by atoms with van der Waals surface area (Å²) in [5, 5.41) is 3.38. The Kier molecular flexibility index (Phi) is 4.53. The van der Waals surface area contributed by atoms with Gasteiger partial charge in [0.2, 0.25) is 5.95 Å². The standard InChI is InChI=1S/C14H24N4/c1-4-13-6-5-7-18(13)14-16-9-12(10-17-14)8-15-11(2)3/h9-11,13,15H,4-8H2,1-3H3. The van der Waals surface area contributed by atoms with Crippen molar-refractivity contribution in [2.24, 2.45) is 0 Å². The Hall–Kier alpha value is -1.16. The van der Waals surface area contributed by atoms with E-state index >= 15 is 0 Å². The lowest BCUT2D eigenvalue weighted by Crippen LogP contribution is -2.30. The number of nitrogens with one attached hydrogen (secondary N) is 1. The molecule has 0 bridgehead atoms. The van der Waals surface area contributed by atoms with Crippen molar-refractivity contribution in [3.05, 3.63) is 18.0 Å². The monoisotopic (exact) mass is 248 g/mol. The average Bonchev–Trinajstić information content (AvgIpc) is 2.85. The molecule has 4 heteroatoms. The first-order valence-electron chi connectivity index (χ1n) is 7.01. The molecule has 0 radical (unpaired) electrons. The van der Waals surface area contributed by atoms with Gasteiger partial charge in [-0.15, -0.1) is 0 Å². The Balaban J connectivity index is 1.98. The van der Waals surface area contributed by atoms with E-state index in [0.717, 1.165) is 24.6 Å². The summed E-state index contributed by atoms with van der Waals surface area (Å²) in [6, 6.07) is 1.12. The van der Waals surface area contributed by atoms with E-state index in [2.05, 4.69) is 41.0 Å². The molecule has 1 aliphatic rings. The van der Waals surface area contributed by atoms with Crippen molar-refractivity contribution in [3.63, 3.8) is 0 Å². The molecule has 1 saturated heterocycles. The summed E-state index contributed by atoms with van der Waals surface area (Å²) < 4.78 is 0. The van der Waals surface area contributed by atoms with Crippen LogP contribution in [0.5, 0.6) is 0 Å². The van der Waals surface area contributed by atoms with Gasteiger partial charge in [-0.3, -0.25) is 0 Å². The lowest BCUT2D eigenvalue weighted by molar-refractivity contribution is 0.585. The van der Waals surface area contributed by atoms with Gasteiger partial charge in [0.15, 0.2) is 0 Å². The highest BCUT2D eigenvalue weighted by Crippen LogP contribution is 2.23. The van der Waals surface area contributed by atoms with Crippen molar-refractivity contribution in [1.29, 1.82) is 0 Å². The van der Waals surface area contributed by atoms with E-state index < -0.39 is 0 Å². The lowest BCUT2D eigenvalue weighted by Gasteiger charge is -2.23. The minimum atomic E-state index is 0.493. The molecule has 0 amide bonds. The zero-order chi connectivity index (χ0) is 13.0. The van der Waals surface area contributed by atoms with Crippen molar-refractivity contribution in [2.75, 3.05) is 11.4 Å². The Bertz CT molecular complexity index is 361. The van der Waals surface area contributed by atoms with E-state index in [-0.39, 0.29) is 0 Å². The van der Waals surface area contributed by atoms with Crippen LogP contribution in [0.2, 0.25) is 0 Å². The van der Waals surface area contributed by atoms with Crippen LogP contribution in [-0.2, 0) is 6.54 Å². The first-order chi connectivity index (χ1) is 8.70. The molecule has 1 atom stereocenters. The number of hydrogen-bond acceptors (Lipinski definition) is 4. The predicted molar refractivity (Wildman–Crippen MR) is 74.7 cm³/mol. The van der Waals surface area contributed by atoms with Gasteiger partial charge in [-0.2, -0.15) is 0 Å². The van der Waals surface area contributed by atoms with Gasteiger partial charge in [0.1, 0.15) is 0 Å². The molecular weight excluding hydrogens is 224 g/mol. The highest BCUT2D eigenvalue weighted by atomic mass is 15.3. The van der Waals surface area contributed by atoms with Crippen LogP contribution in [0.1, 0.15) is 45.6 Å². The summed E-state index contributed by atoms with van der Waals surface area (Å²) in [6.07, 6.45) is 7.61. The van der Waals surface area contributed by atoms with E-state index in [1.54, 1.807) is 0 Å². The molecule has 1 aromatic rings. The minimum absolute atomic E-state index is 0.493. The summed E-state index contributed by atoms with van der Waals surface area (Å²) in [7, 11) is 0. The molecule has 1 N–H and O–H groups in total. The quantitative estimate of drug-likeness (QED) is 0.868. The maximum Gasteiger partial charge on any atom is 0.225 e. The van der Waals surface area contributed by atoms with Crippen LogP contribution in [0.4, 0.5) is 5.95 Å². The summed E-state index contributed by atoms with van der Waals surface area (Å²) in [6.45, 7) is 8.47. The second kappa shape index (κ2) is 6.14. The van der Waals surface area contributed by atoms with Gasteiger partial charge in [-0.1, -0.05) is 20.8 Å². The Labute approximate surface area is 110 Å². The van der Waals surface area contributed by atoms with E-state index in [0.29, 0.717) is 12.1 Å². The molecule has 1 fully saturated rings. The molecule has 18 heavy (non-hydrogen) atoms. The molecule has 1 aromatic heterocycles. The van der Waals surface area contributed by atoms with Gasteiger partial charge >= 0.3 is 0 Å². The highest BCUT2D eigenvalue weighted by Gasteiger charge is 2.24. The summed E-state index contributed by atoms with van der Waals surface area (Å²) in [5.74, 6) is 0.896. The van der Waals surface area contributed by atoms with Gasteiger partial charge in [0.05, 0.1) is 0 Å². The van der Waals surface area contributed by atoms with Crippen molar-refractivity contribution in [3.8, 4) is 0 Å². The largest absolute Gasteiger partial charge is 0.338 e. The number of anilines is 1. The van der Waals surface area contributed by atoms with Crippen molar-refractivity contribution in [1.82, 2.24) is 15.3 Å². The molecular formula is C14H24N4. The highest BCUT2D eigenvalue weighted by molar-refractivity contribution is 5.33. The summed E-state index contributed by atoms with van der Waals surface area (Å²) in [5.41, 5.74) is 1.15. The fourth-order valence-corrected chi connectivity index (χ4v) is 2.43. The van der Waals surface area contributed by atoms with Crippen molar-refractivity contribution >= 4 is 5.95 Å². The molecule has 1 unspecified atom stereocenters. The van der Waals surface area contributed by atoms with Crippen LogP contribution in [-0.4, -0.2) is 28.6 Å². The molecule has 0 saturated carbocycles. The molecule has 100 valence electrons. The van der Waals surface area contributed by atoms with Gasteiger partial charge < -0.3 is 10.2 Å². The van der Waals surface area contributed by atoms with E-state index in [4.69, 9.17) is 0 Å². The third-order valence-electron chi connectivity index (χ3n) is 3.51. The number of rotatable bonds is 5. The summed E-state index contributed by atoms with van der Waals surface area (Å²) in [4.78, 5) is 11.4. The smallest absolute Gasteiger partial charge is 0.225 e. The van der Waals surface area contributed by atoms with Crippen molar-refractivity contribution in [2.45, 2.75) is 58.7 Å². The number of nitrogens with zero attached hydrogens (tertiary/aromatic N) is 3.